The SMILES string of the molecule is O=C(O)/C=C/c1ccc(OCc2c(F)cccc2F)cc1. The Labute approximate surface area is 120 Å². The number of hydrogen-bond donors (Lipinski definition) is 1. The highest BCUT2D eigenvalue weighted by atomic mass is 19.1. The van der Waals surface area contributed by atoms with E-state index >= 15 is 0 Å². The van der Waals surface area contributed by atoms with Crippen LogP contribution in [0, 0.1) is 11.6 Å². The Balaban J connectivity index is 2.02. The van der Waals surface area contributed by atoms with Gasteiger partial charge in [0.25, 0.3) is 0 Å². The molecule has 0 aliphatic carbocycles. The summed E-state index contributed by atoms with van der Waals surface area (Å²) in [5, 5.41) is 8.51. The van der Waals surface area contributed by atoms with Crippen LogP contribution >= 0.6 is 0 Å². The van der Waals surface area contributed by atoms with E-state index in [4.69, 9.17) is 9.84 Å². The van der Waals surface area contributed by atoms with Gasteiger partial charge in [0.1, 0.15) is 24.0 Å². The fraction of sp³-hybridized carbons (Fsp3) is 0.0625. The predicted molar refractivity (Wildman–Crippen MR) is 73.8 cm³/mol. The molecule has 3 nitrogen and oxygen atoms in total. The molecule has 0 spiro atoms. The number of carbonyl (C=O) groups is 1. The number of hydrogen-bond acceptors (Lipinski definition) is 2. The van der Waals surface area contributed by atoms with Gasteiger partial charge in [0, 0.05) is 6.08 Å². The molecule has 2 aromatic carbocycles. The molecule has 0 saturated carbocycles. The summed E-state index contributed by atoms with van der Waals surface area (Å²) in [5.41, 5.74) is 0.550. The van der Waals surface area contributed by atoms with Gasteiger partial charge in [-0.25, -0.2) is 13.6 Å². The molecule has 2 aromatic rings. The van der Waals surface area contributed by atoms with Crippen LogP contribution in [0.15, 0.2) is 48.5 Å². The fourth-order valence-corrected chi connectivity index (χ4v) is 1.67. The Kier molecular flexibility index (Phi) is 4.66. The van der Waals surface area contributed by atoms with E-state index in [1.807, 2.05) is 0 Å². The summed E-state index contributed by atoms with van der Waals surface area (Å²) in [6.07, 6.45) is 2.45. The van der Waals surface area contributed by atoms with Crippen molar-refractivity contribution in [2.45, 2.75) is 6.61 Å². The van der Waals surface area contributed by atoms with Gasteiger partial charge < -0.3 is 9.84 Å². The summed E-state index contributed by atoms with van der Waals surface area (Å²) in [6, 6.07) is 10.1. The highest BCUT2D eigenvalue weighted by Gasteiger charge is 2.08. The molecule has 0 aromatic heterocycles. The van der Waals surface area contributed by atoms with E-state index in [0.29, 0.717) is 11.3 Å². The Morgan fingerprint density at radius 3 is 2.29 bits per heavy atom. The van der Waals surface area contributed by atoms with Crippen LogP contribution in [0.4, 0.5) is 8.78 Å². The summed E-state index contributed by atoms with van der Waals surface area (Å²) >= 11 is 0. The molecule has 0 atom stereocenters. The average molecular weight is 290 g/mol. The van der Waals surface area contributed by atoms with Crippen molar-refractivity contribution in [1.29, 1.82) is 0 Å². The van der Waals surface area contributed by atoms with Crippen molar-refractivity contribution in [2.24, 2.45) is 0 Å². The van der Waals surface area contributed by atoms with E-state index < -0.39 is 17.6 Å². The zero-order chi connectivity index (χ0) is 15.2. The van der Waals surface area contributed by atoms with Crippen LogP contribution in [0.2, 0.25) is 0 Å². The van der Waals surface area contributed by atoms with Crippen molar-refractivity contribution in [2.75, 3.05) is 0 Å². The largest absolute Gasteiger partial charge is 0.489 e. The van der Waals surface area contributed by atoms with Gasteiger partial charge in [-0.3, -0.25) is 0 Å². The molecule has 0 heterocycles. The first-order valence-corrected chi connectivity index (χ1v) is 6.13. The minimum Gasteiger partial charge on any atom is -0.489 e. The predicted octanol–water partition coefficient (Wildman–Crippen LogP) is 3.64. The molecular formula is C16H12F2O3. The van der Waals surface area contributed by atoms with Crippen LogP contribution in [0.5, 0.6) is 5.75 Å². The summed E-state index contributed by atoms with van der Waals surface area (Å²) in [5.74, 6) is -1.91. The second-order valence-corrected chi connectivity index (χ2v) is 4.23. The van der Waals surface area contributed by atoms with Crippen LogP contribution < -0.4 is 4.74 Å². The number of benzene rings is 2. The number of carboxylic acids is 1. The van der Waals surface area contributed by atoms with Crippen molar-refractivity contribution in [3.63, 3.8) is 0 Å². The van der Waals surface area contributed by atoms with Gasteiger partial charge in [-0.2, -0.15) is 0 Å². The first kappa shape index (κ1) is 14.7. The summed E-state index contributed by atoms with van der Waals surface area (Å²) in [4.78, 5) is 10.4. The average Bonchev–Trinajstić information content (AvgIpc) is 2.46. The smallest absolute Gasteiger partial charge is 0.328 e. The Bertz CT molecular complexity index is 643. The number of ether oxygens (including phenoxy) is 1. The lowest BCUT2D eigenvalue weighted by Gasteiger charge is -2.08. The van der Waals surface area contributed by atoms with E-state index in [0.717, 1.165) is 6.08 Å². The van der Waals surface area contributed by atoms with Crippen LogP contribution in [0.3, 0.4) is 0 Å². The zero-order valence-corrected chi connectivity index (χ0v) is 10.9. The molecule has 1 N–H and O–H groups in total. The molecule has 2 rings (SSSR count). The standard InChI is InChI=1S/C16H12F2O3/c17-14-2-1-3-15(18)13(14)10-21-12-7-4-11(5-8-12)6-9-16(19)20/h1-9H,10H2,(H,19,20)/b9-6+. The van der Waals surface area contributed by atoms with Crippen LogP contribution in [-0.2, 0) is 11.4 Å². The number of aliphatic carboxylic acids is 1. The highest BCUT2D eigenvalue weighted by Crippen LogP contribution is 2.18. The van der Waals surface area contributed by atoms with Gasteiger partial charge in [0.15, 0.2) is 0 Å². The maximum absolute atomic E-state index is 13.4. The maximum Gasteiger partial charge on any atom is 0.328 e. The minimum absolute atomic E-state index is 0.132. The normalized spacial score (nSPS) is 10.8. The maximum atomic E-state index is 13.4. The number of carboxylic acid groups (broad SMARTS) is 1. The third-order valence-corrected chi connectivity index (χ3v) is 2.74. The van der Waals surface area contributed by atoms with Gasteiger partial charge in [-0.1, -0.05) is 18.2 Å². The molecule has 0 aliphatic rings. The van der Waals surface area contributed by atoms with E-state index in [-0.39, 0.29) is 12.2 Å². The second-order valence-electron chi connectivity index (χ2n) is 4.23. The van der Waals surface area contributed by atoms with Crippen LogP contribution in [0.1, 0.15) is 11.1 Å². The van der Waals surface area contributed by atoms with Gasteiger partial charge in [-0.05, 0) is 35.9 Å². The first-order valence-electron chi connectivity index (χ1n) is 6.13. The van der Waals surface area contributed by atoms with E-state index in [1.165, 1.54) is 24.3 Å². The third-order valence-electron chi connectivity index (χ3n) is 2.74. The summed E-state index contributed by atoms with van der Waals surface area (Å²) < 4.78 is 32.1. The lowest BCUT2D eigenvalue weighted by Crippen LogP contribution is -2.01. The number of halogens is 2. The summed E-state index contributed by atoms with van der Waals surface area (Å²) in [7, 11) is 0. The zero-order valence-electron chi connectivity index (χ0n) is 10.9. The van der Waals surface area contributed by atoms with E-state index in [1.54, 1.807) is 24.3 Å². The lowest BCUT2D eigenvalue weighted by atomic mass is 10.2. The quantitative estimate of drug-likeness (QED) is 0.855. The van der Waals surface area contributed by atoms with Crippen molar-refractivity contribution in [3.8, 4) is 5.75 Å². The van der Waals surface area contributed by atoms with Gasteiger partial charge in [-0.15, -0.1) is 0 Å². The highest BCUT2D eigenvalue weighted by molar-refractivity contribution is 5.85. The topological polar surface area (TPSA) is 46.5 Å². The Morgan fingerprint density at radius 2 is 1.71 bits per heavy atom. The molecule has 0 radical (unpaired) electrons. The van der Waals surface area contributed by atoms with Crippen molar-refractivity contribution in [3.05, 3.63) is 71.3 Å². The van der Waals surface area contributed by atoms with Crippen molar-refractivity contribution >= 4 is 12.0 Å². The first-order chi connectivity index (χ1) is 10.1. The fourth-order valence-electron chi connectivity index (χ4n) is 1.67. The molecule has 0 bridgehead atoms. The lowest BCUT2D eigenvalue weighted by molar-refractivity contribution is -0.131. The van der Waals surface area contributed by atoms with Crippen LogP contribution in [-0.4, -0.2) is 11.1 Å². The molecule has 5 heteroatoms. The molecule has 0 fully saturated rings. The summed E-state index contributed by atoms with van der Waals surface area (Å²) in [6.45, 7) is -0.219. The minimum atomic E-state index is -1.04. The molecular weight excluding hydrogens is 278 g/mol. The van der Waals surface area contributed by atoms with Gasteiger partial charge in [0.2, 0.25) is 0 Å². The molecule has 0 unspecified atom stereocenters. The molecule has 0 amide bonds. The van der Waals surface area contributed by atoms with Crippen molar-refractivity contribution < 1.29 is 23.4 Å². The van der Waals surface area contributed by atoms with Crippen LogP contribution in [0.25, 0.3) is 6.08 Å². The molecule has 108 valence electrons. The third kappa shape index (κ3) is 4.14. The van der Waals surface area contributed by atoms with E-state index in [2.05, 4.69) is 0 Å². The molecule has 0 saturated heterocycles. The number of rotatable bonds is 5. The Morgan fingerprint density at radius 1 is 1.10 bits per heavy atom. The monoisotopic (exact) mass is 290 g/mol. The van der Waals surface area contributed by atoms with Gasteiger partial charge >= 0.3 is 5.97 Å². The van der Waals surface area contributed by atoms with E-state index in [9.17, 15) is 13.6 Å². The molecule has 0 aliphatic heterocycles. The molecule has 21 heavy (non-hydrogen) atoms. The second kappa shape index (κ2) is 6.65. The Hall–Kier alpha value is -2.69. The van der Waals surface area contributed by atoms with Gasteiger partial charge in [0.05, 0.1) is 5.56 Å². The van der Waals surface area contributed by atoms with Crippen molar-refractivity contribution in [1.82, 2.24) is 0 Å².